The third-order valence-corrected chi connectivity index (χ3v) is 2.44. The molecule has 13 heavy (non-hydrogen) atoms. The lowest BCUT2D eigenvalue weighted by Crippen LogP contribution is -2.21. The number of aromatic nitrogens is 1. The summed E-state index contributed by atoms with van der Waals surface area (Å²) in [7, 11) is 0. The van der Waals surface area contributed by atoms with Crippen molar-refractivity contribution in [2.45, 2.75) is 25.5 Å². The van der Waals surface area contributed by atoms with E-state index < -0.39 is 0 Å². The van der Waals surface area contributed by atoms with Crippen LogP contribution in [0.15, 0.2) is 18.3 Å². The molecule has 0 aromatic carbocycles. The van der Waals surface area contributed by atoms with Crippen LogP contribution in [-0.4, -0.2) is 22.7 Å². The smallest absolute Gasteiger partial charge is 0.0762 e. The van der Waals surface area contributed by atoms with Crippen molar-refractivity contribution >= 4 is 0 Å². The van der Waals surface area contributed by atoms with E-state index in [1.165, 1.54) is 0 Å². The molecule has 0 saturated carbocycles. The molecule has 2 heterocycles. The van der Waals surface area contributed by atoms with Crippen molar-refractivity contribution in [3.8, 4) is 0 Å². The second-order valence-electron chi connectivity index (χ2n) is 3.55. The van der Waals surface area contributed by atoms with Gasteiger partial charge in [0, 0.05) is 6.20 Å². The zero-order valence-electron chi connectivity index (χ0n) is 7.70. The Morgan fingerprint density at radius 3 is 2.92 bits per heavy atom. The minimum Gasteiger partial charge on any atom is -0.391 e. The highest BCUT2D eigenvalue weighted by molar-refractivity contribution is 5.17. The summed E-state index contributed by atoms with van der Waals surface area (Å²) in [5.74, 6) is 0. The molecule has 3 nitrogen and oxygen atoms in total. The highest BCUT2D eigenvalue weighted by Crippen LogP contribution is 2.21. The molecule has 0 bridgehead atoms. The molecule has 70 valence electrons. The summed E-state index contributed by atoms with van der Waals surface area (Å²) >= 11 is 0. The molecule has 1 aliphatic rings. The van der Waals surface area contributed by atoms with Crippen molar-refractivity contribution in [3.05, 3.63) is 29.6 Å². The maximum absolute atomic E-state index is 9.61. The molecule has 1 aliphatic heterocycles. The van der Waals surface area contributed by atoms with Gasteiger partial charge in [0.05, 0.1) is 17.8 Å². The fraction of sp³-hybridized carbons (Fsp3) is 0.500. The van der Waals surface area contributed by atoms with E-state index in [9.17, 15) is 5.11 Å². The number of rotatable bonds is 1. The molecule has 3 heteroatoms. The zero-order valence-corrected chi connectivity index (χ0v) is 7.70. The van der Waals surface area contributed by atoms with Crippen LogP contribution in [-0.2, 0) is 0 Å². The minimum atomic E-state index is -0.282. The highest BCUT2D eigenvalue weighted by Gasteiger charge is 2.26. The highest BCUT2D eigenvalue weighted by atomic mass is 16.3. The lowest BCUT2D eigenvalue weighted by Gasteiger charge is -2.13. The van der Waals surface area contributed by atoms with Crippen LogP contribution in [0.5, 0.6) is 0 Å². The zero-order chi connectivity index (χ0) is 9.26. The predicted octanol–water partition coefficient (Wildman–Crippen LogP) is 0.785. The molecule has 0 amide bonds. The Hall–Kier alpha value is -0.930. The van der Waals surface area contributed by atoms with Gasteiger partial charge in [-0.2, -0.15) is 0 Å². The van der Waals surface area contributed by atoms with Gasteiger partial charge in [-0.05, 0) is 31.5 Å². The standard InChI is InChI=1S/C10H14N2O/c1-7-2-3-8(12-6-7)10-9(13)4-5-11-10/h2-3,6,9-11,13H,4-5H2,1H3. The molecule has 2 rings (SSSR count). The maximum atomic E-state index is 9.61. The van der Waals surface area contributed by atoms with Gasteiger partial charge in [0.25, 0.3) is 0 Å². The summed E-state index contributed by atoms with van der Waals surface area (Å²) in [6, 6.07) is 4.02. The molecule has 2 unspecified atom stereocenters. The molecule has 2 N–H and O–H groups in total. The van der Waals surface area contributed by atoms with Gasteiger partial charge in [-0.1, -0.05) is 6.07 Å². The summed E-state index contributed by atoms with van der Waals surface area (Å²) < 4.78 is 0. The number of pyridine rings is 1. The fourth-order valence-electron chi connectivity index (χ4n) is 1.65. The van der Waals surface area contributed by atoms with Gasteiger partial charge in [0.2, 0.25) is 0 Å². The minimum absolute atomic E-state index is 0.0283. The number of aryl methyl sites for hydroxylation is 1. The Morgan fingerprint density at radius 1 is 1.54 bits per heavy atom. The third kappa shape index (κ3) is 1.71. The number of nitrogens with one attached hydrogen (secondary N) is 1. The van der Waals surface area contributed by atoms with E-state index in [1.807, 2.05) is 25.3 Å². The number of hydrogen-bond donors (Lipinski definition) is 2. The van der Waals surface area contributed by atoms with Crippen LogP contribution in [0.1, 0.15) is 23.7 Å². The van der Waals surface area contributed by atoms with Crippen molar-refractivity contribution in [1.29, 1.82) is 0 Å². The molecule has 1 aromatic rings. The first-order chi connectivity index (χ1) is 6.27. The van der Waals surface area contributed by atoms with Gasteiger partial charge in [-0.25, -0.2) is 0 Å². The first-order valence-corrected chi connectivity index (χ1v) is 4.61. The molecule has 1 fully saturated rings. The molecular formula is C10H14N2O. The van der Waals surface area contributed by atoms with Crippen LogP contribution in [0.4, 0.5) is 0 Å². The number of nitrogens with zero attached hydrogens (tertiary/aromatic N) is 1. The quantitative estimate of drug-likeness (QED) is 0.668. The van der Waals surface area contributed by atoms with Crippen LogP contribution < -0.4 is 5.32 Å². The van der Waals surface area contributed by atoms with Gasteiger partial charge in [0.15, 0.2) is 0 Å². The summed E-state index contributed by atoms with van der Waals surface area (Å²) in [6.07, 6.45) is 2.37. The molecule has 1 saturated heterocycles. The second-order valence-corrected chi connectivity index (χ2v) is 3.55. The van der Waals surface area contributed by atoms with Crippen LogP contribution in [0.3, 0.4) is 0 Å². The summed E-state index contributed by atoms with van der Waals surface area (Å²) in [5.41, 5.74) is 2.09. The van der Waals surface area contributed by atoms with Gasteiger partial charge in [-0.15, -0.1) is 0 Å². The van der Waals surface area contributed by atoms with Crippen molar-refractivity contribution in [3.63, 3.8) is 0 Å². The monoisotopic (exact) mass is 178 g/mol. The average molecular weight is 178 g/mol. The van der Waals surface area contributed by atoms with E-state index in [0.29, 0.717) is 0 Å². The molecule has 0 radical (unpaired) electrons. The van der Waals surface area contributed by atoms with Crippen molar-refractivity contribution in [2.75, 3.05) is 6.54 Å². The van der Waals surface area contributed by atoms with Gasteiger partial charge in [-0.3, -0.25) is 4.98 Å². The molecule has 2 atom stereocenters. The summed E-state index contributed by atoms with van der Waals surface area (Å²) in [4.78, 5) is 4.29. The largest absolute Gasteiger partial charge is 0.391 e. The SMILES string of the molecule is Cc1ccc(C2NCCC2O)nc1. The van der Waals surface area contributed by atoms with Crippen molar-refractivity contribution in [1.82, 2.24) is 10.3 Å². The summed E-state index contributed by atoms with van der Waals surface area (Å²) in [5, 5.41) is 12.8. The summed E-state index contributed by atoms with van der Waals surface area (Å²) in [6.45, 7) is 2.89. The van der Waals surface area contributed by atoms with Gasteiger partial charge in [0.1, 0.15) is 0 Å². The topological polar surface area (TPSA) is 45.1 Å². The second kappa shape index (κ2) is 3.44. The maximum Gasteiger partial charge on any atom is 0.0762 e. The lowest BCUT2D eigenvalue weighted by molar-refractivity contribution is 0.158. The lowest BCUT2D eigenvalue weighted by atomic mass is 10.1. The molecular weight excluding hydrogens is 164 g/mol. The molecule has 1 aromatic heterocycles. The van der Waals surface area contributed by atoms with E-state index >= 15 is 0 Å². The Balaban J connectivity index is 2.20. The molecule has 0 spiro atoms. The molecule has 0 aliphatic carbocycles. The normalized spacial score (nSPS) is 27.8. The number of hydrogen-bond acceptors (Lipinski definition) is 3. The first-order valence-electron chi connectivity index (χ1n) is 4.61. The van der Waals surface area contributed by atoms with Gasteiger partial charge >= 0.3 is 0 Å². The first kappa shape index (κ1) is 8.66. The Labute approximate surface area is 77.8 Å². The van der Waals surface area contributed by atoms with E-state index in [0.717, 1.165) is 24.2 Å². The van der Waals surface area contributed by atoms with E-state index in [2.05, 4.69) is 10.3 Å². The predicted molar refractivity (Wildman–Crippen MR) is 50.3 cm³/mol. The average Bonchev–Trinajstić information content (AvgIpc) is 2.53. The van der Waals surface area contributed by atoms with Crippen LogP contribution in [0, 0.1) is 6.92 Å². The van der Waals surface area contributed by atoms with Crippen molar-refractivity contribution < 1.29 is 5.11 Å². The van der Waals surface area contributed by atoms with E-state index in [1.54, 1.807) is 0 Å². The Bertz CT molecular complexity index is 283. The fourth-order valence-corrected chi connectivity index (χ4v) is 1.65. The Kier molecular flexibility index (Phi) is 2.29. The number of aliphatic hydroxyl groups excluding tert-OH is 1. The van der Waals surface area contributed by atoms with Crippen LogP contribution in [0.25, 0.3) is 0 Å². The Morgan fingerprint density at radius 2 is 2.38 bits per heavy atom. The number of aliphatic hydroxyl groups is 1. The van der Waals surface area contributed by atoms with Gasteiger partial charge < -0.3 is 10.4 Å². The van der Waals surface area contributed by atoms with Crippen molar-refractivity contribution in [2.24, 2.45) is 0 Å². The van der Waals surface area contributed by atoms with E-state index in [4.69, 9.17) is 0 Å². The van der Waals surface area contributed by atoms with Crippen LogP contribution >= 0.6 is 0 Å². The van der Waals surface area contributed by atoms with E-state index in [-0.39, 0.29) is 12.1 Å². The third-order valence-electron chi connectivity index (χ3n) is 2.44. The van der Waals surface area contributed by atoms with Crippen LogP contribution in [0.2, 0.25) is 0 Å².